The highest BCUT2D eigenvalue weighted by Crippen LogP contribution is 2.17. The molecule has 0 amide bonds. The van der Waals surface area contributed by atoms with Crippen molar-refractivity contribution in [1.29, 1.82) is 0 Å². The van der Waals surface area contributed by atoms with Crippen LogP contribution in [0.25, 0.3) is 0 Å². The first kappa shape index (κ1) is 11.9. The van der Waals surface area contributed by atoms with Gasteiger partial charge in [0.15, 0.2) is 0 Å². The Hall–Kier alpha value is -0.120. The van der Waals surface area contributed by atoms with Crippen molar-refractivity contribution in [3.05, 3.63) is 6.92 Å². The Morgan fingerprint density at radius 3 is 1.83 bits per heavy atom. The maximum absolute atomic E-state index is 5.46. The second kappa shape index (κ2) is 6.40. The smallest absolute Gasteiger partial charge is 0.114 e. The van der Waals surface area contributed by atoms with Crippen molar-refractivity contribution in [3.8, 4) is 0 Å². The van der Waals surface area contributed by atoms with Gasteiger partial charge in [0.05, 0.1) is 13.2 Å². The third-order valence-electron chi connectivity index (χ3n) is 1.85. The zero-order valence-electron chi connectivity index (χ0n) is 8.13. The summed E-state index contributed by atoms with van der Waals surface area (Å²) >= 11 is 0. The molecule has 2 radical (unpaired) electrons. The quantitative estimate of drug-likeness (QED) is 0.579. The summed E-state index contributed by atoms with van der Waals surface area (Å²) in [5.74, 6) is 0. The van der Waals surface area contributed by atoms with Crippen molar-refractivity contribution in [3.63, 3.8) is 0 Å². The summed E-state index contributed by atoms with van der Waals surface area (Å²) in [6.45, 7) is 6.48. The van der Waals surface area contributed by atoms with Crippen molar-refractivity contribution >= 4 is 0 Å². The first-order valence-corrected chi connectivity index (χ1v) is 3.98. The third kappa shape index (κ3) is 3.52. The number of hydrogen-bond donors (Lipinski definition) is 0. The number of rotatable bonds is 7. The molecule has 3 heteroatoms. The summed E-state index contributed by atoms with van der Waals surface area (Å²) in [4.78, 5) is 0. The van der Waals surface area contributed by atoms with Gasteiger partial charge in [-0.25, -0.2) is 0 Å². The van der Waals surface area contributed by atoms with Gasteiger partial charge in [0.2, 0.25) is 0 Å². The van der Waals surface area contributed by atoms with Crippen LogP contribution in [-0.2, 0) is 14.2 Å². The molecule has 0 fully saturated rings. The van der Waals surface area contributed by atoms with E-state index < -0.39 is 0 Å². The van der Waals surface area contributed by atoms with E-state index in [4.69, 9.17) is 21.1 Å². The van der Waals surface area contributed by atoms with Gasteiger partial charge in [0.1, 0.15) is 5.60 Å². The lowest BCUT2D eigenvalue weighted by atomic mass is 10.00. The molecule has 12 heavy (non-hydrogen) atoms. The predicted molar refractivity (Wildman–Crippen MR) is 47.0 cm³/mol. The minimum absolute atomic E-state index is 0.377. The number of methoxy groups -OCH3 is 3. The molecule has 72 valence electrons. The molecule has 0 unspecified atom stereocenters. The average Bonchev–Trinajstić information content (AvgIpc) is 2.06. The van der Waals surface area contributed by atoms with Crippen LogP contribution in [0.4, 0.5) is 0 Å². The zero-order chi connectivity index (χ0) is 9.45. The lowest BCUT2D eigenvalue weighted by Gasteiger charge is -2.30. The molecular weight excluding hydrogens is 156 g/mol. The molecule has 0 aliphatic heterocycles. The molecule has 3 nitrogen and oxygen atoms in total. The van der Waals surface area contributed by atoms with Gasteiger partial charge in [-0.1, -0.05) is 0 Å². The fraction of sp³-hybridized carbons (Fsp3) is 0.889. The van der Waals surface area contributed by atoms with Gasteiger partial charge < -0.3 is 14.2 Å². The summed E-state index contributed by atoms with van der Waals surface area (Å²) < 4.78 is 15.4. The fourth-order valence-corrected chi connectivity index (χ4v) is 1.20. The largest absolute Gasteiger partial charge is 0.382 e. The molecule has 0 aromatic heterocycles. The van der Waals surface area contributed by atoms with Crippen LogP contribution in [0.15, 0.2) is 0 Å². The van der Waals surface area contributed by atoms with Crippen molar-refractivity contribution in [2.45, 2.75) is 18.4 Å². The molecule has 0 heterocycles. The molecule has 0 aliphatic carbocycles. The van der Waals surface area contributed by atoms with Crippen LogP contribution in [0.2, 0.25) is 0 Å². The Labute approximate surface area is 75.0 Å². The molecule has 0 aromatic rings. The van der Waals surface area contributed by atoms with E-state index in [-0.39, 0.29) is 5.60 Å². The molecule has 0 atom stereocenters. The van der Waals surface area contributed by atoms with Gasteiger partial charge in [0.25, 0.3) is 0 Å². The minimum Gasteiger partial charge on any atom is -0.382 e. The first-order valence-electron chi connectivity index (χ1n) is 3.98. The van der Waals surface area contributed by atoms with Crippen LogP contribution in [0.1, 0.15) is 12.8 Å². The van der Waals surface area contributed by atoms with Crippen molar-refractivity contribution in [1.82, 2.24) is 0 Å². The van der Waals surface area contributed by atoms with E-state index in [0.29, 0.717) is 19.6 Å². The summed E-state index contributed by atoms with van der Waals surface area (Å²) in [5, 5.41) is 0. The van der Waals surface area contributed by atoms with Gasteiger partial charge in [-0.3, -0.25) is 0 Å². The van der Waals surface area contributed by atoms with Crippen LogP contribution in [0.5, 0.6) is 0 Å². The number of ether oxygens (including phenoxy) is 3. The van der Waals surface area contributed by atoms with E-state index in [1.807, 2.05) is 0 Å². The molecule has 0 saturated heterocycles. The fourth-order valence-electron chi connectivity index (χ4n) is 1.20. The van der Waals surface area contributed by atoms with E-state index in [2.05, 4.69) is 0 Å². The molecule has 0 N–H and O–H groups in total. The second-order valence-corrected chi connectivity index (χ2v) is 2.79. The Kier molecular flexibility index (Phi) is 6.34. The van der Waals surface area contributed by atoms with Crippen LogP contribution >= 0.6 is 0 Å². The maximum Gasteiger partial charge on any atom is 0.114 e. The Balaban J connectivity index is 4.06. The highest BCUT2D eigenvalue weighted by molar-refractivity contribution is 4.80. The normalized spacial score (nSPS) is 12.0. The van der Waals surface area contributed by atoms with Crippen LogP contribution in [-0.4, -0.2) is 40.1 Å². The zero-order valence-corrected chi connectivity index (χ0v) is 8.13. The van der Waals surface area contributed by atoms with Gasteiger partial charge >= 0.3 is 0 Å². The van der Waals surface area contributed by atoms with Crippen LogP contribution in [0.3, 0.4) is 0 Å². The van der Waals surface area contributed by atoms with E-state index in [0.717, 1.165) is 6.42 Å². The van der Waals surface area contributed by atoms with E-state index >= 15 is 0 Å². The molecule has 0 bridgehead atoms. The maximum atomic E-state index is 5.46. The van der Waals surface area contributed by atoms with Crippen molar-refractivity contribution in [2.24, 2.45) is 0 Å². The highest BCUT2D eigenvalue weighted by atomic mass is 16.6. The lowest BCUT2D eigenvalue weighted by Crippen LogP contribution is -2.41. The van der Waals surface area contributed by atoms with E-state index in [1.54, 1.807) is 21.3 Å². The SMILES string of the molecule is [CH]CCC(COC)(COC)OC. The van der Waals surface area contributed by atoms with Crippen molar-refractivity contribution in [2.75, 3.05) is 34.5 Å². The van der Waals surface area contributed by atoms with Crippen LogP contribution < -0.4 is 0 Å². The Morgan fingerprint density at radius 2 is 1.58 bits per heavy atom. The van der Waals surface area contributed by atoms with Gasteiger partial charge in [-0.2, -0.15) is 0 Å². The van der Waals surface area contributed by atoms with Gasteiger partial charge in [-0.05, 0) is 19.8 Å². The van der Waals surface area contributed by atoms with Gasteiger partial charge in [0, 0.05) is 21.3 Å². The highest BCUT2D eigenvalue weighted by Gasteiger charge is 2.28. The van der Waals surface area contributed by atoms with Gasteiger partial charge in [-0.15, -0.1) is 0 Å². The topological polar surface area (TPSA) is 27.7 Å². The predicted octanol–water partition coefficient (Wildman–Crippen LogP) is 1.16. The standard InChI is InChI=1S/C9H18O3/c1-5-6-9(12-4,7-10-2)8-11-3/h1H,5-8H2,2-4H3. The lowest BCUT2D eigenvalue weighted by molar-refractivity contribution is -0.107. The first-order chi connectivity index (χ1) is 5.74. The Morgan fingerprint density at radius 1 is 1.08 bits per heavy atom. The molecule has 0 spiro atoms. The third-order valence-corrected chi connectivity index (χ3v) is 1.85. The molecule has 0 aromatic carbocycles. The number of hydrogen-bond acceptors (Lipinski definition) is 3. The van der Waals surface area contributed by atoms with E-state index in [9.17, 15) is 0 Å². The Bertz CT molecular complexity index is 86.9. The molecular formula is C9H18O3. The van der Waals surface area contributed by atoms with Crippen molar-refractivity contribution < 1.29 is 14.2 Å². The second-order valence-electron chi connectivity index (χ2n) is 2.79. The summed E-state index contributed by atoms with van der Waals surface area (Å²) in [5.41, 5.74) is -0.377. The molecule has 0 rings (SSSR count). The average molecular weight is 174 g/mol. The van der Waals surface area contributed by atoms with Crippen LogP contribution in [0, 0.1) is 6.92 Å². The molecule has 0 aliphatic rings. The summed E-state index contributed by atoms with van der Waals surface area (Å²) in [6.07, 6.45) is 1.31. The summed E-state index contributed by atoms with van der Waals surface area (Å²) in [6, 6.07) is 0. The minimum atomic E-state index is -0.377. The molecule has 0 saturated carbocycles. The van der Waals surface area contributed by atoms with E-state index in [1.165, 1.54) is 0 Å². The monoisotopic (exact) mass is 174 g/mol. The summed E-state index contributed by atoms with van der Waals surface area (Å²) in [7, 11) is 4.92.